The van der Waals surface area contributed by atoms with E-state index in [1.807, 2.05) is 13.8 Å². The number of amides is 1. The molecule has 0 saturated carbocycles. The second kappa shape index (κ2) is 7.79. The minimum absolute atomic E-state index is 0. The van der Waals surface area contributed by atoms with Crippen molar-refractivity contribution in [3.8, 4) is 0 Å². The van der Waals surface area contributed by atoms with Crippen molar-refractivity contribution >= 4 is 24.1 Å². The van der Waals surface area contributed by atoms with Crippen molar-refractivity contribution in [3.63, 3.8) is 0 Å². The molecule has 22 heavy (non-hydrogen) atoms. The standard InChI is InChI=1S/C16H25N3O2.ClH/c1-5-12-14(11(4)20)10(3)18-15(12)16(21)19-13-8-17-7-6-9(13)2;/h9,13,17-18H,5-8H2,1-4H3,(H,19,21);1H. The molecule has 1 fully saturated rings. The number of Topliss-reactive ketones (excluding diaryl/α,β-unsaturated/α-hetero) is 1. The van der Waals surface area contributed by atoms with E-state index < -0.39 is 0 Å². The number of halogens is 1. The zero-order valence-electron chi connectivity index (χ0n) is 13.7. The fourth-order valence-corrected chi connectivity index (χ4v) is 3.12. The van der Waals surface area contributed by atoms with Gasteiger partial charge in [0.1, 0.15) is 5.69 Å². The molecule has 1 aliphatic rings. The molecule has 2 unspecified atom stereocenters. The van der Waals surface area contributed by atoms with Gasteiger partial charge in [0.2, 0.25) is 0 Å². The van der Waals surface area contributed by atoms with E-state index in [2.05, 4.69) is 22.5 Å². The van der Waals surface area contributed by atoms with Gasteiger partial charge in [0.25, 0.3) is 5.91 Å². The van der Waals surface area contributed by atoms with Gasteiger partial charge in [-0.3, -0.25) is 9.59 Å². The summed E-state index contributed by atoms with van der Waals surface area (Å²) < 4.78 is 0. The molecule has 2 rings (SSSR count). The summed E-state index contributed by atoms with van der Waals surface area (Å²) in [6.45, 7) is 9.32. The third kappa shape index (κ3) is 3.70. The van der Waals surface area contributed by atoms with Crippen LogP contribution >= 0.6 is 12.4 Å². The molecule has 1 aromatic heterocycles. The Morgan fingerprint density at radius 2 is 2.05 bits per heavy atom. The molecule has 0 spiro atoms. The van der Waals surface area contributed by atoms with Crippen molar-refractivity contribution in [2.45, 2.75) is 46.6 Å². The molecule has 1 aromatic rings. The van der Waals surface area contributed by atoms with E-state index in [-0.39, 0.29) is 30.1 Å². The normalized spacial score (nSPS) is 21.1. The van der Waals surface area contributed by atoms with Gasteiger partial charge in [0.05, 0.1) is 0 Å². The molecule has 0 aliphatic carbocycles. The molecular weight excluding hydrogens is 302 g/mol. The third-order valence-electron chi connectivity index (χ3n) is 4.37. The van der Waals surface area contributed by atoms with Gasteiger partial charge in [-0.2, -0.15) is 0 Å². The molecule has 0 radical (unpaired) electrons. The van der Waals surface area contributed by atoms with Crippen LogP contribution in [0.5, 0.6) is 0 Å². The SMILES string of the molecule is CCc1c(C(=O)NC2CNCCC2C)[nH]c(C)c1C(C)=O.Cl. The Hall–Kier alpha value is -1.33. The molecule has 0 aromatic carbocycles. The first-order valence-electron chi connectivity index (χ1n) is 7.69. The van der Waals surface area contributed by atoms with Crippen LogP contribution in [0, 0.1) is 12.8 Å². The van der Waals surface area contributed by atoms with Crippen molar-refractivity contribution in [2.75, 3.05) is 13.1 Å². The lowest BCUT2D eigenvalue weighted by molar-refractivity contribution is 0.0909. The maximum Gasteiger partial charge on any atom is 0.268 e. The largest absolute Gasteiger partial charge is 0.354 e. The zero-order valence-corrected chi connectivity index (χ0v) is 14.5. The smallest absolute Gasteiger partial charge is 0.268 e. The summed E-state index contributed by atoms with van der Waals surface area (Å²) in [6, 6.07) is 0.139. The molecule has 3 N–H and O–H groups in total. The highest BCUT2D eigenvalue weighted by atomic mass is 35.5. The van der Waals surface area contributed by atoms with Gasteiger partial charge in [-0.15, -0.1) is 12.4 Å². The molecule has 2 heterocycles. The first-order valence-corrected chi connectivity index (χ1v) is 7.69. The minimum Gasteiger partial charge on any atom is -0.354 e. The minimum atomic E-state index is -0.108. The molecule has 124 valence electrons. The number of H-pyrrole nitrogens is 1. The van der Waals surface area contributed by atoms with E-state index in [0.29, 0.717) is 23.6 Å². The van der Waals surface area contributed by atoms with E-state index >= 15 is 0 Å². The van der Waals surface area contributed by atoms with Crippen LogP contribution in [0.1, 0.15) is 59.3 Å². The zero-order chi connectivity index (χ0) is 15.6. The van der Waals surface area contributed by atoms with E-state index in [1.54, 1.807) is 6.92 Å². The number of hydrogen-bond donors (Lipinski definition) is 3. The number of piperidine rings is 1. The summed E-state index contributed by atoms with van der Waals surface area (Å²) in [6.07, 6.45) is 1.73. The molecule has 1 aliphatic heterocycles. The highest BCUT2D eigenvalue weighted by molar-refractivity contribution is 6.02. The van der Waals surface area contributed by atoms with Crippen molar-refractivity contribution in [1.29, 1.82) is 0 Å². The Morgan fingerprint density at radius 3 is 2.59 bits per heavy atom. The second-order valence-electron chi connectivity index (χ2n) is 5.94. The van der Waals surface area contributed by atoms with Crippen LogP contribution in [0.4, 0.5) is 0 Å². The Labute approximate surface area is 138 Å². The molecule has 1 saturated heterocycles. The van der Waals surface area contributed by atoms with Gasteiger partial charge in [-0.1, -0.05) is 13.8 Å². The highest BCUT2D eigenvalue weighted by Crippen LogP contribution is 2.21. The maximum atomic E-state index is 12.5. The number of carbonyl (C=O) groups is 2. The summed E-state index contributed by atoms with van der Waals surface area (Å²) in [7, 11) is 0. The fraction of sp³-hybridized carbons (Fsp3) is 0.625. The summed E-state index contributed by atoms with van der Waals surface area (Å²) in [5.74, 6) is 0.360. The Morgan fingerprint density at radius 1 is 1.36 bits per heavy atom. The van der Waals surface area contributed by atoms with Crippen LogP contribution in [0.2, 0.25) is 0 Å². The third-order valence-corrected chi connectivity index (χ3v) is 4.37. The Bertz CT molecular complexity index is 554. The van der Waals surface area contributed by atoms with E-state index in [1.165, 1.54) is 0 Å². The summed E-state index contributed by atoms with van der Waals surface area (Å²) in [5.41, 5.74) is 2.81. The number of rotatable bonds is 4. The summed E-state index contributed by atoms with van der Waals surface area (Å²) in [5, 5.41) is 6.40. The van der Waals surface area contributed by atoms with Crippen LogP contribution < -0.4 is 10.6 Å². The predicted molar refractivity (Wildman–Crippen MR) is 90.1 cm³/mol. The van der Waals surface area contributed by atoms with Crippen molar-refractivity contribution < 1.29 is 9.59 Å². The van der Waals surface area contributed by atoms with Crippen LogP contribution in [0.15, 0.2) is 0 Å². The molecule has 5 nitrogen and oxygen atoms in total. The number of aromatic nitrogens is 1. The molecule has 0 bridgehead atoms. The van der Waals surface area contributed by atoms with Crippen molar-refractivity contribution in [1.82, 2.24) is 15.6 Å². The number of hydrogen-bond acceptors (Lipinski definition) is 3. The number of ketones is 1. The average molecular weight is 328 g/mol. The Kier molecular flexibility index (Phi) is 6.63. The summed E-state index contributed by atoms with van der Waals surface area (Å²) in [4.78, 5) is 27.4. The van der Waals surface area contributed by atoms with Gasteiger partial charge in [0.15, 0.2) is 5.78 Å². The first kappa shape index (κ1) is 18.7. The lowest BCUT2D eigenvalue weighted by Gasteiger charge is -2.30. The van der Waals surface area contributed by atoms with Crippen LogP contribution in [0.25, 0.3) is 0 Å². The number of aryl methyl sites for hydroxylation is 1. The van der Waals surface area contributed by atoms with Gasteiger partial charge < -0.3 is 15.6 Å². The average Bonchev–Trinajstić information content (AvgIpc) is 2.78. The molecular formula is C16H26ClN3O2. The molecule has 6 heteroatoms. The van der Waals surface area contributed by atoms with Crippen molar-refractivity contribution in [3.05, 3.63) is 22.5 Å². The van der Waals surface area contributed by atoms with Crippen LogP contribution in [-0.2, 0) is 6.42 Å². The topological polar surface area (TPSA) is 74.0 Å². The highest BCUT2D eigenvalue weighted by Gasteiger charge is 2.26. The van der Waals surface area contributed by atoms with Gasteiger partial charge >= 0.3 is 0 Å². The van der Waals surface area contributed by atoms with E-state index in [0.717, 1.165) is 30.8 Å². The molecule has 2 atom stereocenters. The lowest BCUT2D eigenvalue weighted by atomic mass is 9.94. The van der Waals surface area contributed by atoms with Gasteiger partial charge in [0, 0.05) is 23.8 Å². The number of aromatic amines is 1. The maximum absolute atomic E-state index is 12.5. The lowest BCUT2D eigenvalue weighted by Crippen LogP contribution is -2.50. The summed E-state index contributed by atoms with van der Waals surface area (Å²) >= 11 is 0. The van der Waals surface area contributed by atoms with E-state index in [9.17, 15) is 9.59 Å². The Balaban J connectivity index is 0.00000242. The van der Waals surface area contributed by atoms with E-state index in [4.69, 9.17) is 0 Å². The first-order chi connectivity index (χ1) is 9.95. The monoisotopic (exact) mass is 327 g/mol. The van der Waals surface area contributed by atoms with Crippen LogP contribution in [0.3, 0.4) is 0 Å². The van der Waals surface area contributed by atoms with Crippen molar-refractivity contribution in [2.24, 2.45) is 5.92 Å². The quantitative estimate of drug-likeness (QED) is 0.742. The van der Waals surface area contributed by atoms with Gasteiger partial charge in [-0.05, 0) is 44.7 Å². The fourth-order valence-electron chi connectivity index (χ4n) is 3.12. The molecule has 1 amide bonds. The predicted octanol–water partition coefficient (Wildman–Crippen LogP) is 2.24. The van der Waals surface area contributed by atoms with Crippen LogP contribution in [-0.4, -0.2) is 35.8 Å². The number of carbonyl (C=O) groups excluding carboxylic acids is 2. The second-order valence-corrected chi connectivity index (χ2v) is 5.94. The number of nitrogens with one attached hydrogen (secondary N) is 3. The van der Waals surface area contributed by atoms with Gasteiger partial charge in [-0.25, -0.2) is 0 Å².